The highest BCUT2D eigenvalue weighted by Gasteiger charge is 2.11. The molecule has 1 aromatic rings. The number of halogens is 1. The number of nitrogens with zero attached hydrogens (tertiary/aromatic N) is 1. The van der Waals surface area contributed by atoms with Crippen LogP contribution in [-0.4, -0.2) is 24.7 Å². The van der Waals surface area contributed by atoms with Crippen molar-refractivity contribution in [3.63, 3.8) is 0 Å². The third-order valence-corrected chi connectivity index (χ3v) is 1.92. The van der Waals surface area contributed by atoms with E-state index in [0.717, 1.165) is 6.07 Å². The molecule has 6 heteroatoms. The maximum atomic E-state index is 13.0. The summed E-state index contributed by atoms with van der Waals surface area (Å²) < 4.78 is 17.9. The summed E-state index contributed by atoms with van der Waals surface area (Å²) in [7, 11) is 1.55. The largest absolute Gasteiger partial charge is 0.383 e. The molecular weight excluding hydrogens is 215 g/mol. The Labute approximate surface area is 92.4 Å². The van der Waals surface area contributed by atoms with Crippen molar-refractivity contribution in [2.75, 3.05) is 19.0 Å². The van der Waals surface area contributed by atoms with Gasteiger partial charge in [-0.1, -0.05) is 0 Å². The van der Waals surface area contributed by atoms with Crippen LogP contribution in [0.15, 0.2) is 18.2 Å². The van der Waals surface area contributed by atoms with Crippen LogP contribution in [0.3, 0.4) is 0 Å². The Morgan fingerprint density at radius 3 is 2.81 bits per heavy atom. The van der Waals surface area contributed by atoms with E-state index in [1.807, 2.05) is 6.92 Å². The van der Waals surface area contributed by atoms with Crippen molar-refractivity contribution in [2.45, 2.75) is 13.0 Å². The lowest BCUT2D eigenvalue weighted by molar-refractivity contribution is -0.385. The van der Waals surface area contributed by atoms with E-state index in [4.69, 9.17) is 4.74 Å². The van der Waals surface area contributed by atoms with Gasteiger partial charge in [0.05, 0.1) is 17.6 Å². The number of anilines is 1. The third-order valence-electron chi connectivity index (χ3n) is 1.92. The van der Waals surface area contributed by atoms with Crippen molar-refractivity contribution in [3.8, 4) is 0 Å². The highest BCUT2D eigenvalue weighted by Crippen LogP contribution is 2.20. The first kappa shape index (κ1) is 12.4. The molecule has 0 spiro atoms. The number of methoxy groups -OCH3 is 1. The van der Waals surface area contributed by atoms with Crippen LogP contribution < -0.4 is 5.32 Å². The molecule has 1 N–H and O–H groups in total. The summed E-state index contributed by atoms with van der Waals surface area (Å²) in [5, 5.41) is 13.4. The zero-order chi connectivity index (χ0) is 12.1. The van der Waals surface area contributed by atoms with Crippen molar-refractivity contribution in [1.82, 2.24) is 0 Å². The lowest BCUT2D eigenvalue weighted by Gasteiger charge is -2.13. The van der Waals surface area contributed by atoms with E-state index < -0.39 is 10.7 Å². The summed E-state index contributed by atoms with van der Waals surface area (Å²) >= 11 is 0. The van der Waals surface area contributed by atoms with E-state index in [1.54, 1.807) is 7.11 Å². The average molecular weight is 228 g/mol. The summed E-state index contributed by atoms with van der Waals surface area (Å²) in [6.07, 6.45) is 0. The van der Waals surface area contributed by atoms with Gasteiger partial charge in [-0.3, -0.25) is 10.1 Å². The molecule has 1 aromatic carbocycles. The second-order valence-corrected chi connectivity index (χ2v) is 3.46. The number of nitro benzene ring substituents is 1. The molecule has 0 saturated heterocycles. The minimum Gasteiger partial charge on any atom is -0.383 e. The number of ether oxygens (including phenoxy) is 1. The standard InChI is InChI=1S/C10H13FN2O3/c1-7(6-16-2)12-9-3-8(11)4-10(5-9)13(14)15/h3-5,7,12H,6H2,1-2H3. The van der Waals surface area contributed by atoms with E-state index in [-0.39, 0.29) is 11.7 Å². The Balaban J connectivity index is 2.84. The molecule has 5 nitrogen and oxygen atoms in total. The Morgan fingerprint density at radius 1 is 1.56 bits per heavy atom. The summed E-state index contributed by atoms with van der Waals surface area (Å²) in [6.45, 7) is 2.27. The fraction of sp³-hybridized carbons (Fsp3) is 0.400. The van der Waals surface area contributed by atoms with Gasteiger partial charge in [-0.05, 0) is 13.0 Å². The first-order chi connectivity index (χ1) is 7.52. The quantitative estimate of drug-likeness (QED) is 0.619. The van der Waals surface area contributed by atoms with Crippen molar-refractivity contribution in [3.05, 3.63) is 34.1 Å². The van der Waals surface area contributed by atoms with Gasteiger partial charge in [-0.2, -0.15) is 0 Å². The second kappa shape index (κ2) is 5.41. The van der Waals surface area contributed by atoms with Crippen LogP contribution in [0.25, 0.3) is 0 Å². The summed E-state index contributed by atoms with van der Waals surface area (Å²) in [5.41, 5.74) is 0.100. The lowest BCUT2D eigenvalue weighted by Crippen LogP contribution is -2.20. The highest BCUT2D eigenvalue weighted by molar-refractivity contribution is 5.52. The molecule has 88 valence electrons. The van der Waals surface area contributed by atoms with E-state index in [1.165, 1.54) is 12.1 Å². The van der Waals surface area contributed by atoms with Gasteiger partial charge in [0.25, 0.3) is 5.69 Å². The average Bonchev–Trinajstić information content (AvgIpc) is 2.16. The zero-order valence-electron chi connectivity index (χ0n) is 9.07. The Hall–Kier alpha value is -1.69. The van der Waals surface area contributed by atoms with E-state index >= 15 is 0 Å². The van der Waals surface area contributed by atoms with E-state index in [0.29, 0.717) is 12.3 Å². The first-order valence-electron chi connectivity index (χ1n) is 4.73. The van der Waals surface area contributed by atoms with Gasteiger partial charge in [0.15, 0.2) is 0 Å². The molecule has 1 atom stereocenters. The normalized spacial score (nSPS) is 12.2. The predicted molar refractivity (Wildman–Crippen MR) is 58.0 cm³/mol. The Morgan fingerprint density at radius 2 is 2.25 bits per heavy atom. The number of benzene rings is 1. The van der Waals surface area contributed by atoms with Crippen LogP contribution >= 0.6 is 0 Å². The number of nitro groups is 1. The van der Waals surface area contributed by atoms with Crippen molar-refractivity contribution < 1.29 is 14.1 Å². The predicted octanol–water partition coefficient (Wildman–Crippen LogP) is 2.18. The summed E-state index contributed by atoms with van der Waals surface area (Å²) in [4.78, 5) is 9.87. The monoisotopic (exact) mass is 228 g/mol. The van der Waals surface area contributed by atoms with Gasteiger partial charge in [-0.25, -0.2) is 4.39 Å². The molecule has 0 aliphatic carbocycles. The number of nitrogens with one attached hydrogen (secondary N) is 1. The van der Waals surface area contributed by atoms with Crippen LogP contribution in [0.5, 0.6) is 0 Å². The first-order valence-corrected chi connectivity index (χ1v) is 4.73. The topological polar surface area (TPSA) is 64.4 Å². The molecule has 1 rings (SSSR count). The maximum Gasteiger partial charge on any atom is 0.274 e. The van der Waals surface area contributed by atoms with Gasteiger partial charge in [0.2, 0.25) is 0 Å². The van der Waals surface area contributed by atoms with Crippen LogP contribution in [0, 0.1) is 15.9 Å². The minimum absolute atomic E-state index is 0.0496. The van der Waals surface area contributed by atoms with Crippen LogP contribution in [0.4, 0.5) is 15.8 Å². The SMILES string of the molecule is COCC(C)Nc1cc(F)cc([N+](=O)[O-])c1. The van der Waals surface area contributed by atoms with Crippen molar-refractivity contribution in [1.29, 1.82) is 0 Å². The number of hydrogen-bond donors (Lipinski definition) is 1. The van der Waals surface area contributed by atoms with Crippen LogP contribution in [0.2, 0.25) is 0 Å². The van der Waals surface area contributed by atoms with Gasteiger partial charge in [-0.15, -0.1) is 0 Å². The molecule has 0 aromatic heterocycles. The van der Waals surface area contributed by atoms with Crippen molar-refractivity contribution >= 4 is 11.4 Å². The van der Waals surface area contributed by atoms with Gasteiger partial charge in [0, 0.05) is 24.9 Å². The lowest BCUT2D eigenvalue weighted by atomic mass is 10.2. The number of rotatable bonds is 5. The second-order valence-electron chi connectivity index (χ2n) is 3.46. The van der Waals surface area contributed by atoms with E-state index in [2.05, 4.69) is 5.32 Å². The van der Waals surface area contributed by atoms with Crippen LogP contribution in [0.1, 0.15) is 6.92 Å². The number of non-ortho nitro benzene ring substituents is 1. The summed E-state index contributed by atoms with van der Waals surface area (Å²) in [5.74, 6) is -0.638. The molecule has 0 heterocycles. The molecule has 1 unspecified atom stereocenters. The Kier molecular flexibility index (Phi) is 4.19. The molecule has 0 fully saturated rings. The molecular formula is C10H13FN2O3. The smallest absolute Gasteiger partial charge is 0.274 e. The molecule has 0 aliphatic rings. The van der Waals surface area contributed by atoms with Gasteiger partial charge < -0.3 is 10.1 Å². The van der Waals surface area contributed by atoms with Crippen molar-refractivity contribution in [2.24, 2.45) is 0 Å². The third kappa shape index (κ3) is 3.47. The Bertz CT molecular complexity index is 384. The zero-order valence-corrected chi connectivity index (χ0v) is 9.07. The van der Waals surface area contributed by atoms with Crippen LogP contribution in [-0.2, 0) is 4.74 Å². The fourth-order valence-corrected chi connectivity index (χ4v) is 1.34. The fourth-order valence-electron chi connectivity index (χ4n) is 1.34. The van der Waals surface area contributed by atoms with E-state index in [9.17, 15) is 14.5 Å². The van der Waals surface area contributed by atoms with Gasteiger partial charge >= 0.3 is 0 Å². The molecule has 0 saturated carbocycles. The molecule has 0 aliphatic heterocycles. The summed E-state index contributed by atoms with van der Waals surface area (Å²) in [6, 6.07) is 3.33. The molecule has 16 heavy (non-hydrogen) atoms. The maximum absolute atomic E-state index is 13.0. The molecule has 0 radical (unpaired) electrons. The molecule has 0 amide bonds. The molecule has 0 bridgehead atoms. The minimum atomic E-state index is -0.638. The van der Waals surface area contributed by atoms with Gasteiger partial charge in [0.1, 0.15) is 5.82 Å². The number of hydrogen-bond acceptors (Lipinski definition) is 4. The highest BCUT2D eigenvalue weighted by atomic mass is 19.1.